The van der Waals surface area contributed by atoms with Gasteiger partial charge in [0.05, 0.1) is 26.9 Å². The van der Waals surface area contributed by atoms with E-state index >= 15 is 0 Å². The largest absolute Gasteiger partial charge is 0.465 e. The number of nitrogens with zero attached hydrogens (tertiary/aromatic N) is 2. The zero-order valence-electron chi connectivity index (χ0n) is 21.9. The van der Waals surface area contributed by atoms with Gasteiger partial charge in [-0.2, -0.15) is 0 Å². The molecule has 2 saturated heterocycles. The average molecular weight is 553 g/mol. The van der Waals surface area contributed by atoms with E-state index in [2.05, 4.69) is 4.90 Å². The predicted octanol–water partition coefficient (Wildman–Crippen LogP) is 5.08. The molecule has 2 fully saturated rings. The Kier molecular flexibility index (Phi) is 7.79. The third kappa shape index (κ3) is 5.89. The van der Waals surface area contributed by atoms with E-state index in [9.17, 15) is 17.6 Å². The molecule has 37 heavy (non-hydrogen) atoms. The van der Waals surface area contributed by atoms with Gasteiger partial charge in [0.1, 0.15) is 11.6 Å². The average Bonchev–Trinajstić information content (AvgIpc) is 3.04. The van der Waals surface area contributed by atoms with Gasteiger partial charge in [0, 0.05) is 32.3 Å². The summed E-state index contributed by atoms with van der Waals surface area (Å²) < 4.78 is 51.2. The van der Waals surface area contributed by atoms with Crippen LogP contribution in [0.3, 0.4) is 0 Å². The number of hydrogen-bond acceptors (Lipinski definition) is 6. The van der Waals surface area contributed by atoms with E-state index in [-0.39, 0.29) is 46.0 Å². The number of carbonyl (C=O) groups is 1. The van der Waals surface area contributed by atoms with Crippen molar-refractivity contribution in [2.45, 2.75) is 57.5 Å². The lowest BCUT2D eigenvalue weighted by atomic mass is 10.0. The maximum absolute atomic E-state index is 13.5. The number of anilines is 1. The van der Waals surface area contributed by atoms with Gasteiger partial charge in [-0.25, -0.2) is 12.8 Å². The molecule has 0 spiro atoms. The van der Waals surface area contributed by atoms with E-state index in [1.165, 1.54) is 19.2 Å². The van der Waals surface area contributed by atoms with Gasteiger partial charge >= 0.3 is 0 Å². The van der Waals surface area contributed by atoms with Crippen LogP contribution in [-0.2, 0) is 14.6 Å². The molecule has 1 amide bonds. The Hall–Kier alpha value is -2.36. The number of carbonyl (C=O) groups excluding carboxylic acids is 1. The summed E-state index contributed by atoms with van der Waals surface area (Å²) in [6.45, 7) is 8.44. The molecule has 202 valence electrons. The molecule has 0 N–H and O–H groups in total. The molecule has 2 atom stereocenters. The van der Waals surface area contributed by atoms with Gasteiger partial charge in [-0.15, -0.1) is 0 Å². The zero-order valence-corrected chi connectivity index (χ0v) is 23.5. The number of fused-ring (bicyclic) bond motifs is 2. The van der Waals surface area contributed by atoms with Crippen molar-refractivity contribution >= 4 is 33.0 Å². The summed E-state index contributed by atoms with van der Waals surface area (Å²) in [4.78, 5) is 17.5. The minimum atomic E-state index is -3.55. The number of halogens is 2. The molecule has 0 saturated carbocycles. The first kappa shape index (κ1) is 27.7. The lowest BCUT2D eigenvalue weighted by molar-refractivity contribution is 0.0506. The Morgan fingerprint density at radius 2 is 1.78 bits per heavy atom. The van der Waals surface area contributed by atoms with Crippen LogP contribution in [0.4, 0.5) is 10.1 Å². The number of benzene rings is 2. The monoisotopic (exact) mass is 552 g/mol. The van der Waals surface area contributed by atoms with E-state index in [1.807, 2.05) is 27.7 Å². The van der Waals surface area contributed by atoms with Crippen molar-refractivity contribution in [2.75, 3.05) is 37.6 Å². The van der Waals surface area contributed by atoms with Gasteiger partial charge < -0.3 is 19.3 Å². The molecule has 0 aliphatic carbocycles. The van der Waals surface area contributed by atoms with Crippen molar-refractivity contribution in [2.24, 2.45) is 5.41 Å². The van der Waals surface area contributed by atoms with Crippen LogP contribution < -0.4 is 9.64 Å². The number of sulfone groups is 1. The number of methoxy groups -OCH3 is 1. The van der Waals surface area contributed by atoms with E-state index < -0.39 is 21.1 Å². The first-order valence-electron chi connectivity index (χ1n) is 12.3. The molecule has 0 radical (unpaired) electrons. The fraction of sp³-hybridized carbons (Fsp3) is 0.519. The fourth-order valence-electron chi connectivity index (χ4n) is 5.35. The van der Waals surface area contributed by atoms with E-state index in [4.69, 9.17) is 21.1 Å². The van der Waals surface area contributed by atoms with Gasteiger partial charge in [0.2, 0.25) is 0 Å². The minimum absolute atomic E-state index is 0.0186. The highest BCUT2D eigenvalue weighted by Crippen LogP contribution is 2.43. The maximum Gasteiger partial charge on any atom is 0.255 e. The highest BCUT2D eigenvalue weighted by Gasteiger charge is 2.43. The van der Waals surface area contributed by atoms with Crippen molar-refractivity contribution in [1.29, 1.82) is 0 Å². The van der Waals surface area contributed by atoms with E-state index in [0.717, 1.165) is 18.9 Å². The van der Waals surface area contributed by atoms with Gasteiger partial charge in [-0.05, 0) is 61.1 Å². The number of rotatable bonds is 7. The number of amides is 1. The number of likely N-dealkylation sites (tertiary alicyclic amines) is 1. The molecule has 4 rings (SSSR count). The topological polar surface area (TPSA) is 76.2 Å². The second-order valence-electron chi connectivity index (χ2n) is 11.1. The molecule has 2 heterocycles. The zero-order chi connectivity index (χ0) is 27.1. The van der Waals surface area contributed by atoms with Crippen molar-refractivity contribution < 1.29 is 27.1 Å². The molecule has 7 nitrogen and oxygen atoms in total. The summed E-state index contributed by atoms with van der Waals surface area (Å²) in [5, 5.41) is 0.0856. The summed E-state index contributed by atoms with van der Waals surface area (Å²) in [6.07, 6.45) is 1.68. The van der Waals surface area contributed by atoms with Crippen LogP contribution in [-0.4, -0.2) is 64.1 Å². The summed E-state index contributed by atoms with van der Waals surface area (Å²) in [5.41, 5.74) is 1.28. The van der Waals surface area contributed by atoms with Crippen LogP contribution in [0.1, 0.15) is 49.5 Å². The van der Waals surface area contributed by atoms with E-state index in [1.54, 1.807) is 17.0 Å². The molecular formula is C27H34ClFN2O5S. The van der Waals surface area contributed by atoms with Crippen molar-refractivity contribution in [3.05, 3.63) is 52.3 Å². The predicted molar refractivity (Wildman–Crippen MR) is 142 cm³/mol. The van der Waals surface area contributed by atoms with Crippen LogP contribution in [0, 0.1) is 18.2 Å². The molecule has 10 heteroatoms. The maximum atomic E-state index is 13.5. The Bertz CT molecular complexity index is 1280. The Morgan fingerprint density at radius 1 is 1.14 bits per heavy atom. The summed E-state index contributed by atoms with van der Waals surface area (Å²) in [7, 11) is -2.01. The van der Waals surface area contributed by atoms with Gasteiger partial charge in [-0.3, -0.25) is 4.79 Å². The van der Waals surface area contributed by atoms with Crippen molar-refractivity contribution in [3.63, 3.8) is 0 Å². The summed E-state index contributed by atoms with van der Waals surface area (Å²) in [5.74, 6) is -0.137. The molecule has 2 aliphatic heterocycles. The highest BCUT2D eigenvalue weighted by molar-refractivity contribution is 7.91. The van der Waals surface area contributed by atoms with E-state index in [0.29, 0.717) is 30.1 Å². The minimum Gasteiger partial charge on any atom is -0.465 e. The number of piperazine rings is 1. The van der Waals surface area contributed by atoms with Crippen LogP contribution in [0.15, 0.2) is 35.2 Å². The third-order valence-corrected chi connectivity index (χ3v) is 9.25. The first-order valence-corrected chi connectivity index (χ1v) is 14.4. The SMILES string of the molecule is COCOc1c(C)cc(S(=O)(=O)CC(C)(C)C)cc1N1C2CCC1CN(C(=O)c1ccc(F)cc1Cl)C2. The highest BCUT2D eigenvalue weighted by atomic mass is 35.5. The summed E-state index contributed by atoms with van der Waals surface area (Å²) >= 11 is 6.17. The smallest absolute Gasteiger partial charge is 0.255 e. The summed E-state index contributed by atoms with van der Waals surface area (Å²) in [6, 6.07) is 7.09. The second kappa shape index (κ2) is 10.4. The van der Waals surface area contributed by atoms with Crippen molar-refractivity contribution in [1.82, 2.24) is 4.90 Å². The normalized spacial score (nSPS) is 19.9. The second-order valence-corrected chi connectivity index (χ2v) is 13.5. The van der Waals surface area contributed by atoms with Crippen LogP contribution in [0.5, 0.6) is 5.75 Å². The molecule has 2 unspecified atom stereocenters. The molecule has 2 bridgehead atoms. The van der Waals surface area contributed by atoms with Crippen LogP contribution in [0.2, 0.25) is 5.02 Å². The van der Waals surface area contributed by atoms with Crippen molar-refractivity contribution in [3.8, 4) is 5.75 Å². The standard InChI is InChI=1S/C27H34ClFN2O5S/c1-17-10-21(37(33,34)15-27(2,3)4)12-24(25(17)36-16-35-5)31-19-7-8-20(31)14-30(13-19)26(32)22-9-6-18(29)11-23(22)28/h6,9-12,19-20H,7-8,13-16H2,1-5H3. The lowest BCUT2D eigenvalue weighted by Crippen LogP contribution is -2.55. The molecule has 0 aromatic heterocycles. The molecule has 2 aromatic carbocycles. The lowest BCUT2D eigenvalue weighted by Gasteiger charge is -2.43. The first-order chi connectivity index (χ1) is 17.3. The number of ether oxygens (including phenoxy) is 2. The fourth-order valence-corrected chi connectivity index (χ4v) is 7.55. The van der Waals surface area contributed by atoms with Crippen LogP contribution >= 0.6 is 11.6 Å². The Labute approximate surface area is 223 Å². The number of aryl methyl sites for hydroxylation is 1. The number of hydrogen-bond donors (Lipinski definition) is 0. The van der Waals surface area contributed by atoms with Gasteiger partial charge in [0.25, 0.3) is 5.91 Å². The molecule has 2 aliphatic rings. The van der Waals surface area contributed by atoms with Gasteiger partial charge in [-0.1, -0.05) is 32.4 Å². The van der Waals surface area contributed by atoms with Gasteiger partial charge in [0.15, 0.2) is 16.6 Å². The van der Waals surface area contributed by atoms with Crippen LogP contribution in [0.25, 0.3) is 0 Å². The third-order valence-electron chi connectivity index (χ3n) is 6.74. The molecule has 2 aromatic rings. The molecular weight excluding hydrogens is 519 g/mol. The Balaban J connectivity index is 1.69. The Morgan fingerprint density at radius 3 is 2.35 bits per heavy atom. The quantitative estimate of drug-likeness (QED) is 0.446.